The molecule has 0 atom stereocenters. The lowest BCUT2D eigenvalue weighted by atomic mass is 10.0. The van der Waals surface area contributed by atoms with Crippen LogP contribution < -0.4 is 4.74 Å². The van der Waals surface area contributed by atoms with E-state index in [-0.39, 0.29) is 27.1 Å². The smallest absolute Gasteiger partial charge is 0.341 e. The largest absolute Gasteiger partial charge is 0.480 e. The summed E-state index contributed by atoms with van der Waals surface area (Å²) in [6, 6.07) is 2.92. The molecule has 1 N–H and O–H groups in total. The van der Waals surface area contributed by atoms with Gasteiger partial charge in [0.2, 0.25) is 0 Å². The van der Waals surface area contributed by atoms with Gasteiger partial charge in [-0.1, -0.05) is 36.2 Å². The van der Waals surface area contributed by atoms with Gasteiger partial charge in [0.25, 0.3) is 0 Å². The molecule has 0 fully saturated rings. The molecule has 0 bridgehead atoms. The summed E-state index contributed by atoms with van der Waals surface area (Å²) in [7, 11) is 0. The Hall–Kier alpha value is -1.52. The Balaban J connectivity index is 3.11. The second kappa shape index (κ2) is 7.31. The fourth-order valence-corrected chi connectivity index (χ4v) is 2.09. The highest BCUT2D eigenvalue weighted by molar-refractivity contribution is 6.45. The van der Waals surface area contributed by atoms with Gasteiger partial charge in [0.05, 0.1) is 5.02 Å². The molecule has 0 amide bonds. The van der Waals surface area contributed by atoms with Crippen LogP contribution in [0.15, 0.2) is 23.8 Å². The van der Waals surface area contributed by atoms with Crippen LogP contribution in [0.2, 0.25) is 10.0 Å². The van der Waals surface area contributed by atoms with Crippen molar-refractivity contribution in [2.24, 2.45) is 0 Å². The molecule has 20 heavy (non-hydrogen) atoms. The molecular weight excluding hydrogens is 303 g/mol. The lowest BCUT2D eigenvalue weighted by Gasteiger charge is -2.11. The van der Waals surface area contributed by atoms with Gasteiger partial charge >= 0.3 is 5.97 Å². The van der Waals surface area contributed by atoms with Crippen LogP contribution in [-0.2, 0) is 4.79 Å². The van der Waals surface area contributed by atoms with Crippen LogP contribution in [0.5, 0.6) is 5.75 Å². The van der Waals surface area contributed by atoms with Gasteiger partial charge in [-0.2, -0.15) is 0 Å². The molecule has 4 nitrogen and oxygen atoms in total. The molecular formula is C14H14Cl2O4. The standard InChI is InChI=1S/C14H14Cl2O4/c1-3-8(4-2)14(19)9-5-6-10(13(16)12(9)15)20-7-11(17)18/h3,5-6H,4,7H2,1-2H3,(H,17,18). The molecule has 108 valence electrons. The van der Waals surface area contributed by atoms with E-state index in [2.05, 4.69) is 0 Å². The third-order valence-electron chi connectivity index (χ3n) is 2.66. The van der Waals surface area contributed by atoms with Gasteiger partial charge in [-0.25, -0.2) is 4.79 Å². The molecule has 0 saturated carbocycles. The van der Waals surface area contributed by atoms with Crippen molar-refractivity contribution in [2.45, 2.75) is 20.3 Å². The zero-order valence-corrected chi connectivity index (χ0v) is 12.6. The van der Waals surface area contributed by atoms with Gasteiger partial charge in [0.15, 0.2) is 12.4 Å². The second-order valence-electron chi connectivity index (χ2n) is 3.92. The summed E-state index contributed by atoms with van der Waals surface area (Å²) in [6.07, 6.45) is 2.31. The lowest BCUT2D eigenvalue weighted by molar-refractivity contribution is -0.139. The number of hydrogen-bond donors (Lipinski definition) is 1. The summed E-state index contributed by atoms with van der Waals surface area (Å²) in [5.74, 6) is -1.19. The number of rotatable bonds is 6. The highest BCUT2D eigenvalue weighted by Crippen LogP contribution is 2.35. The Labute approximate surface area is 126 Å². The first-order valence-electron chi connectivity index (χ1n) is 5.94. The SMILES string of the molecule is CC=C(CC)C(=O)c1ccc(OCC(=O)O)c(Cl)c1Cl. The van der Waals surface area contributed by atoms with Crippen molar-refractivity contribution in [3.8, 4) is 5.75 Å². The fraction of sp³-hybridized carbons (Fsp3) is 0.286. The summed E-state index contributed by atoms with van der Waals surface area (Å²) in [5.41, 5.74) is 0.900. The van der Waals surface area contributed by atoms with Crippen molar-refractivity contribution in [2.75, 3.05) is 6.61 Å². The summed E-state index contributed by atoms with van der Waals surface area (Å²) in [5, 5.41) is 8.65. The molecule has 1 rings (SSSR count). The molecule has 1 aromatic carbocycles. The van der Waals surface area contributed by atoms with E-state index in [4.69, 9.17) is 33.0 Å². The minimum absolute atomic E-state index is 0.0327. The first-order chi connectivity index (χ1) is 9.42. The maximum absolute atomic E-state index is 12.2. The molecule has 0 aromatic heterocycles. The third kappa shape index (κ3) is 3.74. The lowest BCUT2D eigenvalue weighted by Crippen LogP contribution is -2.10. The van der Waals surface area contributed by atoms with Gasteiger partial charge in [0.1, 0.15) is 10.8 Å². The van der Waals surface area contributed by atoms with Crippen LogP contribution in [0.25, 0.3) is 0 Å². The van der Waals surface area contributed by atoms with Crippen molar-refractivity contribution in [3.05, 3.63) is 39.4 Å². The predicted octanol–water partition coefficient (Wildman–Crippen LogP) is 4.00. The number of allylic oxidation sites excluding steroid dienone is 2. The van der Waals surface area contributed by atoms with Crippen LogP contribution in [0.3, 0.4) is 0 Å². The summed E-state index contributed by atoms with van der Waals surface area (Å²) < 4.78 is 4.99. The molecule has 0 saturated heterocycles. The summed E-state index contributed by atoms with van der Waals surface area (Å²) in [6.45, 7) is 3.11. The number of carbonyl (C=O) groups excluding carboxylic acids is 1. The average Bonchev–Trinajstić information content (AvgIpc) is 2.41. The number of carbonyl (C=O) groups is 2. The number of aliphatic carboxylic acids is 1. The number of hydrogen-bond acceptors (Lipinski definition) is 3. The minimum atomic E-state index is -1.13. The highest BCUT2D eigenvalue weighted by Gasteiger charge is 2.18. The van der Waals surface area contributed by atoms with Crippen LogP contribution in [0, 0.1) is 0 Å². The number of benzene rings is 1. The fourth-order valence-electron chi connectivity index (χ4n) is 1.63. The number of halogens is 2. The maximum atomic E-state index is 12.2. The van der Waals surface area contributed by atoms with Gasteiger partial charge in [-0.15, -0.1) is 0 Å². The zero-order valence-electron chi connectivity index (χ0n) is 11.1. The quantitative estimate of drug-likeness (QED) is 0.636. The van der Waals surface area contributed by atoms with E-state index >= 15 is 0 Å². The van der Waals surface area contributed by atoms with E-state index in [0.29, 0.717) is 12.0 Å². The Morgan fingerprint density at radius 3 is 2.45 bits per heavy atom. The van der Waals surface area contributed by atoms with Crippen molar-refractivity contribution >= 4 is 35.0 Å². The molecule has 0 aliphatic rings. The molecule has 0 aliphatic carbocycles. The maximum Gasteiger partial charge on any atom is 0.341 e. The van der Waals surface area contributed by atoms with Gasteiger partial charge in [-0.05, 0) is 31.1 Å². The number of ether oxygens (including phenoxy) is 1. The number of carboxylic acids is 1. The summed E-state index contributed by atoms with van der Waals surface area (Å²) in [4.78, 5) is 22.7. The molecule has 0 aliphatic heterocycles. The zero-order chi connectivity index (χ0) is 15.3. The van der Waals surface area contributed by atoms with Crippen LogP contribution in [-0.4, -0.2) is 23.5 Å². The van der Waals surface area contributed by atoms with Crippen molar-refractivity contribution in [1.29, 1.82) is 0 Å². The molecule has 1 aromatic rings. The normalized spacial score (nSPS) is 11.3. The van der Waals surface area contributed by atoms with Gasteiger partial charge in [0, 0.05) is 5.56 Å². The molecule has 0 radical (unpaired) electrons. The van der Waals surface area contributed by atoms with E-state index in [0.717, 1.165) is 0 Å². The minimum Gasteiger partial charge on any atom is -0.480 e. The van der Waals surface area contributed by atoms with E-state index in [1.165, 1.54) is 12.1 Å². The van der Waals surface area contributed by atoms with Crippen LogP contribution in [0.4, 0.5) is 0 Å². The third-order valence-corrected chi connectivity index (χ3v) is 3.53. The van der Waals surface area contributed by atoms with Crippen molar-refractivity contribution < 1.29 is 19.4 Å². The first kappa shape index (κ1) is 16.5. The predicted molar refractivity (Wildman–Crippen MR) is 78.0 cm³/mol. The first-order valence-corrected chi connectivity index (χ1v) is 6.70. The van der Waals surface area contributed by atoms with E-state index < -0.39 is 12.6 Å². The Morgan fingerprint density at radius 1 is 1.30 bits per heavy atom. The second-order valence-corrected chi connectivity index (χ2v) is 4.67. The van der Waals surface area contributed by atoms with E-state index in [9.17, 15) is 9.59 Å². The summed E-state index contributed by atoms with van der Waals surface area (Å²) >= 11 is 12.1. The monoisotopic (exact) mass is 316 g/mol. The molecule has 6 heteroatoms. The van der Waals surface area contributed by atoms with Gasteiger partial charge in [-0.3, -0.25) is 4.79 Å². The van der Waals surface area contributed by atoms with Crippen molar-refractivity contribution in [3.63, 3.8) is 0 Å². The van der Waals surface area contributed by atoms with Crippen molar-refractivity contribution in [1.82, 2.24) is 0 Å². The molecule has 0 unspecified atom stereocenters. The highest BCUT2D eigenvalue weighted by atomic mass is 35.5. The average molecular weight is 317 g/mol. The molecule has 0 spiro atoms. The van der Waals surface area contributed by atoms with Gasteiger partial charge < -0.3 is 9.84 Å². The van der Waals surface area contributed by atoms with Crippen LogP contribution >= 0.6 is 23.2 Å². The van der Waals surface area contributed by atoms with E-state index in [1.807, 2.05) is 6.92 Å². The Bertz CT molecular complexity index is 565. The van der Waals surface area contributed by atoms with E-state index in [1.54, 1.807) is 13.0 Å². The Morgan fingerprint density at radius 2 is 1.95 bits per heavy atom. The topological polar surface area (TPSA) is 63.6 Å². The number of ketones is 1. The number of carboxylic acid groups (broad SMARTS) is 1. The Kier molecular flexibility index (Phi) is 6.05. The number of Topliss-reactive ketones (excluding diaryl/α,β-unsaturated/α-hetero) is 1. The van der Waals surface area contributed by atoms with Crippen LogP contribution in [0.1, 0.15) is 30.6 Å². The molecule has 0 heterocycles.